The number of anilines is 1. The van der Waals surface area contributed by atoms with Gasteiger partial charge in [-0.05, 0) is 63.6 Å². The van der Waals surface area contributed by atoms with Crippen molar-refractivity contribution < 1.29 is 17.9 Å². The Morgan fingerprint density at radius 3 is 2.15 bits per heavy atom. The molecule has 6 nitrogen and oxygen atoms in total. The average molecular weight is 391 g/mol. The summed E-state index contributed by atoms with van der Waals surface area (Å²) >= 11 is 0. The third-order valence-corrected chi connectivity index (χ3v) is 5.33. The quantitative estimate of drug-likeness (QED) is 0.757. The maximum Gasteiger partial charge on any atom is 0.265 e. The minimum atomic E-state index is -3.61. The van der Waals surface area contributed by atoms with Gasteiger partial charge >= 0.3 is 0 Å². The number of para-hydroxylation sites is 1. The fourth-order valence-electron chi connectivity index (χ4n) is 2.39. The molecule has 1 amide bonds. The Morgan fingerprint density at radius 2 is 1.63 bits per heavy atom. The summed E-state index contributed by atoms with van der Waals surface area (Å²) in [5, 5.41) is 2.76. The number of hydrogen-bond acceptors (Lipinski definition) is 4. The minimum absolute atomic E-state index is 0.142. The molecule has 27 heavy (non-hydrogen) atoms. The topological polar surface area (TPSA) is 84.5 Å². The molecule has 0 radical (unpaired) electrons. The van der Waals surface area contributed by atoms with Crippen molar-refractivity contribution in [3.05, 3.63) is 54.6 Å². The molecule has 146 valence electrons. The SMILES string of the molecule is CCC(Oc1ccccc1)C(=O)Nc1ccc(S(=O)(=O)NC(C)(C)C)cc1. The predicted octanol–water partition coefficient (Wildman–Crippen LogP) is 3.56. The van der Waals surface area contributed by atoms with Crippen LogP contribution in [0.25, 0.3) is 0 Å². The monoisotopic (exact) mass is 390 g/mol. The van der Waals surface area contributed by atoms with E-state index in [0.717, 1.165) is 0 Å². The first-order valence-electron chi connectivity index (χ1n) is 8.77. The van der Waals surface area contributed by atoms with E-state index in [4.69, 9.17) is 4.74 Å². The van der Waals surface area contributed by atoms with Crippen molar-refractivity contribution in [1.29, 1.82) is 0 Å². The molecule has 2 aromatic rings. The van der Waals surface area contributed by atoms with Crippen molar-refractivity contribution in [2.24, 2.45) is 0 Å². The highest BCUT2D eigenvalue weighted by molar-refractivity contribution is 7.89. The Hall–Kier alpha value is -2.38. The Bertz CT molecular complexity index is 857. The molecule has 2 aromatic carbocycles. The first-order valence-corrected chi connectivity index (χ1v) is 10.3. The zero-order valence-electron chi connectivity index (χ0n) is 16.0. The molecule has 0 bridgehead atoms. The van der Waals surface area contributed by atoms with E-state index in [-0.39, 0.29) is 10.8 Å². The Morgan fingerprint density at radius 1 is 1.04 bits per heavy atom. The molecular formula is C20H26N2O4S. The number of sulfonamides is 1. The van der Waals surface area contributed by atoms with Gasteiger partial charge in [0.25, 0.3) is 5.91 Å². The second kappa shape index (κ2) is 8.54. The Labute approximate surface area is 161 Å². The van der Waals surface area contributed by atoms with Crippen LogP contribution >= 0.6 is 0 Å². The van der Waals surface area contributed by atoms with Crippen molar-refractivity contribution in [2.75, 3.05) is 5.32 Å². The van der Waals surface area contributed by atoms with Crippen molar-refractivity contribution in [3.63, 3.8) is 0 Å². The lowest BCUT2D eigenvalue weighted by Gasteiger charge is -2.20. The summed E-state index contributed by atoms with van der Waals surface area (Å²) in [6.45, 7) is 7.19. The number of hydrogen-bond donors (Lipinski definition) is 2. The van der Waals surface area contributed by atoms with E-state index >= 15 is 0 Å². The fraction of sp³-hybridized carbons (Fsp3) is 0.350. The molecule has 0 aliphatic carbocycles. The van der Waals surface area contributed by atoms with Crippen LogP contribution in [0.3, 0.4) is 0 Å². The minimum Gasteiger partial charge on any atom is -0.481 e. The molecule has 0 spiro atoms. The summed E-state index contributed by atoms with van der Waals surface area (Å²) in [5.74, 6) is 0.332. The number of ether oxygens (including phenoxy) is 1. The Balaban J connectivity index is 2.05. The molecule has 1 unspecified atom stereocenters. The fourth-order valence-corrected chi connectivity index (χ4v) is 3.81. The van der Waals surface area contributed by atoms with Crippen LogP contribution in [-0.4, -0.2) is 26.0 Å². The third-order valence-electron chi connectivity index (χ3n) is 3.56. The van der Waals surface area contributed by atoms with E-state index in [1.165, 1.54) is 12.1 Å². The van der Waals surface area contributed by atoms with E-state index in [0.29, 0.717) is 17.9 Å². The number of carbonyl (C=O) groups excluding carboxylic acids is 1. The number of carbonyl (C=O) groups is 1. The number of nitrogens with one attached hydrogen (secondary N) is 2. The number of benzene rings is 2. The van der Waals surface area contributed by atoms with Gasteiger partial charge in [0.2, 0.25) is 10.0 Å². The molecule has 0 saturated heterocycles. The van der Waals surface area contributed by atoms with Crippen LogP contribution in [-0.2, 0) is 14.8 Å². The number of rotatable bonds is 7. The second-order valence-electron chi connectivity index (χ2n) is 7.20. The summed E-state index contributed by atoms with van der Waals surface area (Å²) in [7, 11) is -3.61. The lowest BCUT2D eigenvalue weighted by Crippen LogP contribution is -2.40. The second-order valence-corrected chi connectivity index (χ2v) is 8.88. The van der Waals surface area contributed by atoms with Gasteiger partial charge in [0.1, 0.15) is 5.75 Å². The highest BCUT2D eigenvalue weighted by atomic mass is 32.2. The summed E-state index contributed by atoms with van der Waals surface area (Å²) in [6, 6.07) is 15.2. The predicted molar refractivity (Wildman–Crippen MR) is 106 cm³/mol. The molecule has 7 heteroatoms. The number of amides is 1. The summed E-state index contributed by atoms with van der Waals surface area (Å²) in [6.07, 6.45) is -0.138. The van der Waals surface area contributed by atoms with Gasteiger partial charge in [-0.1, -0.05) is 25.1 Å². The molecule has 2 N–H and O–H groups in total. The van der Waals surface area contributed by atoms with Crippen LogP contribution < -0.4 is 14.8 Å². The van der Waals surface area contributed by atoms with E-state index in [1.807, 2.05) is 25.1 Å². The first kappa shape index (κ1) is 20.9. The van der Waals surface area contributed by atoms with E-state index in [9.17, 15) is 13.2 Å². The van der Waals surface area contributed by atoms with Gasteiger partial charge in [-0.3, -0.25) is 4.79 Å². The lowest BCUT2D eigenvalue weighted by molar-refractivity contribution is -0.122. The van der Waals surface area contributed by atoms with Gasteiger partial charge in [0.05, 0.1) is 4.90 Å². The van der Waals surface area contributed by atoms with Gasteiger partial charge in [-0.25, -0.2) is 13.1 Å². The molecular weight excluding hydrogens is 364 g/mol. The van der Waals surface area contributed by atoms with E-state index in [2.05, 4.69) is 10.0 Å². The molecule has 0 aliphatic heterocycles. The maximum absolute atomic E-state index is 12.5. The third kappa shape index (κ3) is 6.37. The van der Waals surface area contributed by atoms with Gasteiger partial charge in [0, 0.05) is 11.2 Å². The van der Waals surface area contributed by atoms with Gasteiger partial charge in [0.15, 0.2) is 6.10 Å². The zero-order valence-corrected chi connectivity index (χ0v) is 16.8. The van der Waals surface area contributed by atoms with E-state index < -0.39 is 21.7 Å². The Kier molecular flexibility index (Phi) is 6.62. The largest absolute Gasteiger partial charge is 0.481 e. The summed E-state index contributed by atoms with van der Waals surface area (Å²) in [5.41, 5.74) is -0.0701. The van der Waals surface area contributed by atoms with Crippen LogP contribution in [0.15, 0.2) is 59.5 Å². The van der Waals surface area contributed by atoms with E-state index in [1.54, 1.807) is 45.0 Å². The van der Waals surface area contributed by atoms with Gasteiger partial charge < -0.3 is 10.1 Å². The van der Waals surface area contributed by atoms with Crippen LogP contribution in [0.1, 0.15) is 34.1 Å². The molecule has 0 fully saturated rings. The molecule has 0 aromatic heterocycles. The standard InChI is InChI=1S/C20H26N2O4S/c1-5-18(26-16-9-7-6-8-10-16)19(23)21-15-11-13-17(14-12-15)27(24,25)22-20(2,3)4/h6-14,18,22H,5H2,1-4H3,(H,21,23). The molecule has 2 rings (SSSR count). The maximum atomic E-state index is 12.5. The highest BCUT2D eigenvalue weighted by Crippen LogP contribution is 2.18. The smallest absolute Gasteiger partial charge is 0.265 e. The van der Waals surface area contributed by atoms with Crippen molar-refractivity contribution >= 4 is 21.6 Å². The van der Waals surface area contributed by atoms with Crippen molar-refractivity contribution in [1.82, 2.24) is 4.72 Å². The van der Waals surface area contributed by atoms with Crippen LogP contribution in [0.4, 0.5) is 5.69 Å². The molecule has 0 saturated carbocycles. The lowest BCUT2D eigenvalue weighted by atomic mass is 10.1. The first-order chi connectivity index (χ1) is 12.6. The summed E-state index contributed by atoms with van der Waals surface area (Å²) in [4.78, 5) is 12.6. The molecule has 0 aliphatic rings. The van der Waals surface area contributed by atoms with Crippen LogP contribution in [0.5, 0.6) is 5.75 Å². The highest BCUT2D eigenvalue weighted by Gasteiger charge is 2.22. The van der Waals surface area contributed by atoms with Crippen LogP contribution in [0, 0.1) is 0 Å². The average Bonchev–Trinajstić information content (AvgIpc) is 2.59. The summed E-state index contributed by atoms with van der Waals surface area (Å²) < 4.78 is 32.9. The van der Waals surface area contributed by atoms with Crippen LogP contribution in [0.2, 0.25) is 0 Å². The zero-order chi connectivity index (χ0) is 20.1. The van der Waals surface area contributed by atoms with Gasteiger partial charge in [-0.15, -0.1) is 0 Å². The van der Waals surface area contributed by atoms with Gasteiger partial charge in [-0.2, -0.15) is 0 Å². The molecule has 0 heterocycles. The van der Waals surface area contributed by atoms with Crippen molar-refractivity contribution in [2.45, 2.75) is 50.7 Å². The van der Waals surface area contributed by atoms with Crippen molar-refractivity contribution in [3.8, 4) is 5.75 Å². The normalized spacial score (nSPS) is 13.0. The molecule has 1 atom stereocenters.